The topological polar surface area (TPSA) is 67.3 Å². The van der Waals surface area contributed by atoms with Gasteiger partial charge in [-0.2, -0.15) is 0 Å². The van der Waals surface area contributed by atoms with Crippen molar-refractivity contribution in [1.82, 2.24) is 15.3 Å². The van der Waals surface area contributed by atoms with Crippen molar-refractivity contribution in [3.8, 4) is 5.75 Å². The lowest BCUT2D eigenvalue weighted by atomic mass is 10.1. The fourth-order valence-electron chi connectivity index (χ4n) is 3.53. The third-order valence-corrected chi connectivity index (χ3v) is 5.02. The number of carbonyl (C=O) groups excluding carboxylic acids is 1. The Morgan fingerprint density at radius 1 is 1.28 bits per heavy atom. The molecule has 0 unspecified atom stereocenters. The van der Waals surface area contributed by atoms with E-state index in [4.69, 9.17) is 9.72 Å². The molecule has 4 rings (SSSR count). The van der Waals surface area contributed by atoms with Crippen LogP contribution in [0.15, 0.2) is 24.3 Å². The third kappa shape index (κ3) is 2.98. The minimum Gasteiger partial charge on any atom is -0.497 e. The van der Waals surface area contributed by atoms with Gasteiger partial charge in [0.2, 0.25) is 5.91 Å². The van der Waals surface area contributed by atoms with Crippen molar-refractivity contribution in [2.45, 2.75) is 32.2 Å². The Morgan fingerprint density at radius 3 is 2.76 bits per heavy atom. The molecule has 0 spiro atoms. The lowest BCUT2D eigenvalue weighted by Crippen LogP contribution is -2.27. The van der Waals surface area contributed by atoms with Gasteiger partial charge in [-0.05, 0) is 37.6 Å². The lowest BCUT2D eigenvalue weighted by molar-refractivity contribution is -0.117. The average Bonchev–Trinajstić information content (AvgIpc) is 3.25. The molecule has 1 aromatic heterocycles. The maximum atomic E-state index is 12.6. The molecule has 2 aliphatic heterocycles. The van der Waals surface area contributed by atoms with Crippen molar-refractivity contribution in [3.63, 3.8) is 0 Å². The Balaban J connectivity index is 1.65. The van der Waals surface area contributed by atoms with Crippen molar-refractivity contribution in [3.05, 3.63) is 46.9 Å². The zero-order valence-electron chi connectivity index (χ0n) is 14.6. The van der Waals surface area contributed by atoms with Crippen molar-refractivity contribution in [2.24, 2.45) is 0 Å². The first-order chi connectivity index (χ1) is 12.2. The van der Waals surface area contributed by atoms with Crippen LogP contribution in [0.3, 0.4) is 0 Å². The Morgan fingerprint density at radius 2 is 2.08 bits per heavy atom. The van der Waals surface area contributed by atoms with Gasteiger partial charge in [0, 0.05) is 23.7 Å². The van der Waals surface area contributed by atoms with E-state index in [9.17, 15) is 4.79 Å². The molecule has 1 saturated heterocycles. The number of anilines is 1. The lowest BCUT2D eigenvalue weighted by Gasteiger charge is -2.18. The van der Waals surface area contributed by atoms with Crippen LogP contribution in [0.5, 0.6) is 5.75 Å². The Kier molecular flexibility index (Phi) is 4.13. The molecule has 0 aliphatic carbocycles. The summed E-state index contributed by atoms with van der Waals surface area (Å²) in [7, 11) is 1.65. The fourth-order valence-corrected chi connectivity index (χ4v) is 3.53. The van der Waals surface area contributed by atoms with Gasteiger partial charge in [-0.1, -0.05) is 12.1 Å². The largest absolute Gasteiger partial charge is 0.497 e. The van der Waals surface area contributed by atoms with E-state index in [1.807, 2.05) is 31.2 Å². The van der Waals surface area contributed by atoms with Crippen LogP contribution in [-0.4, -0.2) is 36.1 Å². The normalized spacial score (nSPS) is 19.4. The van der Waals surface area contributed by atoms with Crippen LogP contribution in [0.1, 0.15) is 35.0 Å². The zero-order chi connectivity index (χ0) is 17.4. The summed E-state index contributed by atoms with van der Waals surface area (Å²) in [6.07, 6.45) is 1.44. The molecule has 1 fully saturated rings. The van der Waals surface area contributed by atoms with Crippen LogP contribution < -0.4 is 15.0 Å². The second-order valence-corrected chi connectivity index (χ2v) is 6.66. The van der Waals surface area contributed by atoms with E-state index in [1.54, 1.807) is 12.0 Å². The number of nitrogens with zero attached hydrogens (tertiary/aromatic N) is 3. The smallest absolute Gasteiger partial charge is 0.233 e. The molecule has 6 nitrogen and oxygen atoms in total. The summed E-state index contributed by atoms with van der Waals surface area (Å²) in [5.41, 5.74) is 2.95. The first-order valence-corrected chi connectivity index (χ1v) is 8.67. The molecule has 6 heteroatoms. The minimum absolute atomic E-state index is 0.0879. The highest BCUT2D eigenvalue weighted by atomic mass is 16.5. The van der Waals surface area contributed by atoms with Crippen LogP contribution in [0.4, 0.5) is 5.82 Å². The molecule has 2 aliphatic rings. The van der Waals surface area contributed by atoms with E-state index < -0.39 is 0 Å². The van der Waals surface area contributed by atoms with Crippen molar-refractivity contribution >= 4 is 11.7 Å². The Hall–Kier alpha value is -2.47. The van der Waals surface area contributed by atoms with Crippen LogP contribution >= 0.6 is 0 Å². The van der Waals surface area contributed by atoms with Gasteiger partial charge in [-0.3, -0.25) is 9.69 Å². The summed E-state index contributed by atoms with van der Waals surface area (Å²) in [5.74, 6) is 2.88. The summed E-state index contributed by atoms with van der Waals surface area (Å²) in [4.78, 5) is 23.8. The van der Waals surface area contributed by atoms with E-state index in [0.29, 0.717) is 18.9 Å². The molecule has 3 heterocycles. The summed E-state index contributed by atoms with van der Waals surface area (Å²) in [5, 5.41) is 3.36. The maximum Gasteiger partial charge on any atom is 0.233 e. The van der Waals surface area contributed by atoms with Crippen molar-refractivity contribution in [2.75, 3.05) is 25.1 Å². The zero-order valence-corrected chi connectivity index (χ0v) is 14.6. The van der Waals surface area contributed by atoms with Gasteiger partial charge in [0.1, 0.15) is 17.4 Å². The number of hydrogen-bond acceptors (Lipinski definition) is 5. The highest BCUT2D eigenvalue weighted by Crippen LogP contribution is 2.32. The van der Waals surface area contributed by atoms with E-state index in [-0.39, 0.29) is 5.91 Å². The minimum atomic E-state index is 0.0879. The molecule has 0 bridgehead atoms. The molecule has 25 heavy (non-hydrogen) atoms. The molecule has 1 aromatic carbocycles. The summed E-state index contributed by atoms with van der Waals surface area (Å²) in [6, 6.07) is 7.80. The van der Waals surface area contributed by atoms with Crippen molar-refractivity contribution < 1.29 is 9.53 Å². The van der Waals surface area contributed by atoms with E-state index in [0.717, 1.165) is 53.7 Å². The molecule has 1 atom stereocenters. The number of rotatable bonds is 4. The predicted octanol–water partition coefficient (Wildman–Crippen LogP) is 1.96. The highest BCUT2D eigenvalue weighted by Gasteiger charge is 2.32. The number of benzene rings is 1. The van der Waals surface area contributed by atoms with Gasteiger partial charge in [-0.25, -0.2) is 9.97 Å². The average molecular weight is 338 g/mol. The summed E-state index contributed by atoms with van der Waals surface area (Å²) in [6.45, 7) is 4.41. The maximum absolute atomic E-state index is 12.6. The van der Waals surface area contributed by atoms with Gasteiger partial charge in [0.15, 0.2) is 0 Å². The number of carbonyl (C=O) groups is 1. The highest BCUT2D eigenvalue weighted by molar-refractivity contribution is 6.00. The van der Waals surface area contributed by atoms with Crippen LogP contribution in [-0.2, 0) is 17.8 Å². The molecule has 0 saturated carbocycles. The van der Waals surface area contributed by atoms with Gasteiger partial charge in [0.05, 0.1) is 20.1 Å². The number of methoxy groups -OCH3 is 1. The van der Waals surface area contributed by atoms with E-state index >= 15 is 0 Å². The van der Waals surface area contributed by atoms with Crippen LogP contribution in [0.2, 0.25) is 0 Å². The molecule has 0 radical (unpaired) electrons. The SMILES string of the molecule is COc1ccc(CN2C(=O)Cc3c(C)nc([C@@H]4CCNC4)nc32)cc1. The number of ether oxygens (including phenoxy) is 1. The molecule has 130 valence electrons. The van der Waals surface area contributed by atoms with E-state index in [1.165, 1.54) is 0 Å². The monoisotopic (exact) mass is 338 g/mol. The summed E-state index contributed by atoms with van der Waals surface area (Å²) < 4.78 is 5.20. The fraction of sp³-hybridized carbons (Fsp3) is 0.421. The quantitative estimate of drug-likeness (QED) is 0.923. The Bertz CT molecular complexity index is 798. The van der Waals surface area contributed by atoms with Crippen LogP contribution in [0, 0.1) is 6.92 Å². The number of aryl methyl sites for hydroxylation is 1. The first kappa shape index (κ1) is 16.0. The molecule has 1 N–H and O–H groups in total. The second-order valence-electron chi connectivity index (χ2n) is 6.66. The Labute approximate surface area is 147 Å². The summed E-state index contributed by atoms with van der Waals surface area (Å²) >= 11 is 0. The van der Waals surface area contributed by atoms with Crippen molar-refractivity contribution in [1.29, 1.82) is 0 Å². The number of aromatic nitrogens is 2. The van der Waals surface area contributed by atoms with Gasteiger partial charge < -0.3 is 10.1 Å². The van der Waals surface area contributed by atoms with Gasteiger partial charge in [-0.15, -0.1) is 0 Å². The number of hydrogen-bond donors (Lipinski definition) is 1. The predicted molar refractivity (Wildman–Crippen MR) is 94.9 cm³/mol. The third-order valence-electron chi connectivity index (χ3n) is 5.02. The molecular weight excluding hydrogens is 316 g/mol. The number of nitrogens with one attached hydrogen (secondary N) is 1. The second kappa shape index (κ2) is 6.44. The molecular formula is C19H22N4O2. The molecule has 1 amide bonds. The first-order valence-electron chi connectivity index (χ1n) is 8.67. The molecule has 2 aromatic rings. The van der Waals surface area contributed by atoms with Gasteiger partial charge >= 0.3 is 0 Å². The van der Waals surface area contributed by atoms with Gasteiger partial charge in [0.25, 0.3) is 0 Å². The van der Waals surface area contributed by atoms with E-state index in [2.05, 4.69) is 10.3 Å². The number of amides is 1. The van der Waals surface area contributed by atoms with Crippen LogP contribution in [0.25, 0.3) is 0 Å². The standard InChI is InChI=1S/C19H22N4O2/c1-12-16-9-17(24)23(11-13-3-5-15(25-2)6-4-13)19(16)22-18(21-12)14-7-8-20-10-14/h3-6,14,20H,7-11H2,1-2H3/t14-/m1/s1. The number of fused-ring (bicyclic) bond motifs is 1.